The van der Waals surface area contributed by atoms with Crippen LogP contribution in [0, 0.1) is 11.8 Å². The molecule has 8 heteroatoms. The topological polar surface area (TPSA) is 108 Å². The van der Waals surface area contributed by atoms with Crippen molar-refractivity contribution in [3.05, 3.63) is 83.8 Å². The minimum absolute atomic E-state index is 0.239. The van der Waals surface area contributed by atoms with Crippen LogP contribution in [0.25, 0.3) is 0 Å². The van der Waals surface area contributed by atoms with Crippen molar-refractivity contribution in [1.82, 2.24) is 25.9 Å². The summed E-state index contributed by atoms with van der Waals surface area (Å²) in [4.78, 5) is 32.5. The number of hydrogen-bond donors (Lipinski definition) is 4. The zero-order valence-electron chi connectivity index (χ0n) is 17.7. The van der Waals surface area contributed by atoms with E-state index in [2.05, 4.69) is 43.1 Å². The molecule has 32 heavy (non-hydrogen) atoms. The Labute approximate surface area is 186 Å². The van der Waals surface area contributed by atoms with E-state index in [0.29, 0.717) is 36.6 Å². The number of hydrogen-bond acceptors (Lipinski definition) is 5. The maximum Gasteiger partial charge on any atom is 0.315 e. The second-order valence-electron chi connectivity index (χ2n) is 6.69. The molecule has 0 saturated heterocycles. The maximum absolute atomic E-state index is 12.2. The number of carbonyl (C=O) groups excluding carboxylic acids is 2. The smallest absolute Gasteiger partial charge is 0.315 e. The van der Waals surface area contributed by atoms with Crippen molar-refractivity contribution in [2.45, 2.75) is 13.0 Å². The van der Waals surface area contributed by atoms with E-state index in [4.69, 9.17) is 0 Å². The number of anilines is 2. The molecule has 2 aromatic heterocycles. The Morgan fingerprint density at radius 2 is 1.84 bits per heavy atom. The van der Waals surface area contributed by atoms with Crippen LogP contribution in [0.15, 0.2) is 67.0 Å². The molecule has 0 fully saturated rings. The van der Waals surface area contributed by atoms with Crippen molar-refractivity contribution in [3.63, 3.8) is 0 Å². The van der Waals surface area contributed by atoms with Gasteiger partial charge in [-0.25, -0.2) is 9.78 Å². The van der Waals surface area contributed by atoms with Gasteiger partial charge in [-0.1, -0.05) is 30.2 Å². The van der Waals surface area contributed by atoms with Gasteiger partial charge in [0.25, 0.3) is 5.91 Å². The van der Waals surface area contributed by atoms with Gasteiger partial charge in [-0.15, -0.1) is 0 Å². The highest BCUT2D eigenvalue weighted by Gasteiger charge is 2.12. The van der Waals surface area contributed by atoms with Gasteiger partial charge in [0, 0.05) is 44.6 Å². The molecule has 3 amide bonds. The largest absolute Gasteiger partial charge is 0.355 e. The normalized spacial score (nSPS) is 9.78. The Hall–Kier alpha value is -4.38. The number of rotatable bonds is 7. The maximum atomic E-state index is 12.2. The minimum Gasteiger partial charge on any atom is -0.355 e. The first-order chi connectivity index (χ1) is 15.7. The standard InChI is InChI=1S/C24H24N6O2/c1-25-23(31)21-13-12-20(30-22(21)29-19-9-3-2-4-10-19)11-5-6-15-27-24(32)28-17-18-8-7-14-26-16-18/h2-4,7-10,12-14,16H,6,15,17H2,1H3,(H,25,31)(H,29,30)(H2,27,28,32). The highest BCUT2D eigenvalue weighted by Crippen LogP contribution is 2.19. The van der Waals surface area contributed by atoms with Crippen LogP contribution in [0.5, 0.6) is 0 Å². The van der Waals surface area contributed by atoms with Gasteiger partial charge < -0.3 is 21.3 Å². The van der Waals surface area contributed by atoms with Crippen LogP contribution in [-0.4, -0.2) is 35.5 Å². The lowest BCUT2D eigenvalue weighted by molar-refractivity contribution is 0.0963. The summed E-state index contributed by atoms with van der Waals surface area (Å²) < 4.78 is 0. The summed E-state index contributed by atoms with van der Waals surface area (Å²) in [6.07, 6.45) is 3.85. The second-order valence-corrected chi connectivity index (χ2v) is 6.69. The lowest BCUT2D eigenvalue weighted by Crippen LogP contribution is -2.35. The molecule has 0 saturated carbocycles. The first kappa shape index (κ1) is 22.3. The van der Waals surface area contributed by atoms with Crippen LogP contribution < -0.4 is 21.3 Å². The Kier molecular flexibility index (Phi) is 8.17. The molecule has 0 aliphatic carbocycles. The highest BCUT2D eigenvalue weighted by molar-refractivity contribution is 5.99. The number of nitrogens with zero attached hydrogens (tertiary/aromatic N) is 2. The molecule has 8 nitrogen and oxygen atoms in total. The van der Waals surface area contributed by atoms with Crippen molar-refractivity contribution in [1.29, 1.82) is 0 Å². The summed E-state index contributed by atoms with van der Waals surface area (Å²) in [6, 6.07) is 16.3. The van der Waals surface area contributed by atoms with E-state index >= 15 is 0 Å². The van der Waals surface area contributed by atoms with Crippen molar-refractivity contribution >= 4 is 23.4 Å². The number of pyridine rings is 2. The molecule has 0 radical (unpaired) electrons. The van der Waals surface area contributed by atoms with E-state index in [0.717, 1.165) is 11.3 Å². The molecule has 0 unspecified atom stereocenters. The summed E-state index contributed by atoms with van der Waals surface area (Å²) in [5, 5.41) is 11.3. The molecular formula is C24H24N6O2. The molecular weight excluding hydrogens is 404 g/mol. The Balaban J connectivity index is 1.55. The van der Waals surface area contributed by atoms with E-state index in [-0.39, 0.29) is 11.9 Å². The molecule has 3 rings (SSSR count). The van der Waals surface area contributed by atoms with Crippen LogP contribution in [0.4, 0.5) is 16.3 Å². The van der Waals surface area contributed by atoms with E-state index in [9.17, 15) is 9.59 Å². The molecule has 162 valence electrons. The molecule has 3 aromatic rings. The van der Waals surface area contributed by atoms with Gasteiger partial charge in [0.1, 0.15) is 11.5 Å². The minimum atomic E-state index is -0.266. The monoisotopic (exact) mass is 428 g/mol. The van der Waals surface area contributed by atoms with Crippen LogP contribution >= 0.6 is 0 Å². The van der Waals surface area contributed by atoms with Crippen LogP contribution in [0.2, 0.25) is 0 Å². The molecule has 0 spiro atoms. The lowest BCUT2D eigenvalue weighted by atomic mass is 10.2. The van der Waals surface area contributed by atoms with Gasteiger partial charge in [-0.2, -0.15) is 0 Å². The van der Waals surface area contributed by atoms with Gasteiger partial charge in [-0.3, -0.25) is 9.78 Å². The van der Waals surface area contributed by atoms with E-state index in [1.54, 1.807) is 31.6 Å². The van der Waals surface area contributed by atoms with Crippen molar-refractivity contribution in [2.24, 2.45) is 0 Å². The van der Waals surface area contributed by atoms with Crippen molar-refractivity contribution in [2.75, 3.05) is 18.9 Å². The van der Waals surface area contributed by atoms with Crippen molar-refractivity contribution in [3.8, 4) is 11.8 Å². The van der Waals surface area contributed by atoms with Crippen molar-refractivity contribution < 1.29 is 9.59 Å². The average molecular weight is 428 g/mol. The van der Waals surface area contributed by atoms with E-state index in [1.165, 1.54) is 0 Å². The molecule has 0 aliphatic rings. The van der Waals surface area contributed by atoms with Gasteiger partial charge in [0.2, 0.25) is 0 Å². The highest BCUT2D eigenvalue weighted by atomic mass is 16.2. The third-order valence-corrected chi connectivity index (χ3v) is 4.33. The first-order valence-corrected chi connectivity index (χ1v) is 10.1. The number of carbonyl (C=O) groups is 2. The van der Waals surface area contributed by atoms with E-state index in [1.807, 2.05) is 42.5 Å². The Bertz CT molecular complexity index is 1110. The van der Waals surface area contributed by atoms with Crippen LogP contribution in [0.3, 0.4) is 0 Å². The number of aromatic nitrogens is 2. The van der Waals surface area contributed by atoms with Crippen LogP contribution in [0.1, 0.15) is 28.0 Å². The molecule has 0 bridgehead atoms. The third kappa shape index (κ3) is 6.85. The lowest BCUT2D eigenvalue weighted by Gasteiger charge is -2.10. The number of amides is 3. The zero-order chi connectivity index (χ0) is 22.6. The fourth-order valence-corrected chi connectivity index (χ4v) is 2.74. The predicted molar refractivity (Wildman–Crippen MR) is 123 cm³/mol. The summed E-state index contributed by atoms with van der Waals surface area (Å²) in [6.45, 7) is 0.807. The van der Waals surface area contributed by atoms with E-state index < -0.39 is 0 Å². The fraction of sp³-hybridized carbons (Fsp3) is 0.167. The van der Waals surface area contributed by atoms with Gasteiger partial charge in [0.05, 0.1) is 5.56 Å². The fourth-order valence-electron chi connectivity index (χ4n) is 2.74. The average Bonchev–Trinajstić information content (AvgIpc) is 2.83. The summed E-state index contributed by atoms with van der Waals surface area (Å²) in [5.41, 5.74) is 2.69. The SMILES string of the molecule is CNC(=O)c1ccc(C#CCCNC(=O)NCc2cccnc2)nc1Nc1ccccc1. The molecule has 0 atom stereocenters. The number of benzene rings is 1. The molecule has 4 N–H and O–H groups in total. The number of para-hydroxylation sites is 1. The van der Waals surface area contributed by atoms with Crippen LogP contribution in [-0.2, 0) is 6.54 Å². The number of nitrogens with one attached hydrogen (secondary N) is 4. The molecule has 0 aliphatic heterocycles. The Morgan fingerprint density at radius 3 is 2.59 bits per heavy atom. The molecule has 1 aromatic carbocycles. The summed E-state index contributed by atoms with van der Waals surface area (Å²) >= 11 is 0. The predicted octanol–water partition coefficient (Wildman–Crippen LogP) is 2.82. The second kappa shape index (κ2) is 11.7. The van der Waals surface area contributed by atoms with Gasteiger partial charge in [0.15, 0.2) is 0 Å². The number of urea groups is 1. The molecule has 2 heterocycles. The Morgan fingerprint density at radius 1 is 1.00 bits per heavy atom. The first-order valence-electron chi connectivity index (χ1n) is 10.1. The van der Waals surface area contributed by atoms with Gasteiger partial charge in [-0.05, 0) is 41.8 Å². The quantitative estimate of drug-likeness (QED) is 0.342. The summed E-state index contributed by atoms with van der Waals surface area (Å²) in [5.74, 6) is 6.15. The zero-order valence-corrected chi connectivity index (χ0v) is 17.7. The summed E-state index contributed by atoms with van der Waals surface area (Å²) in [7, 11) is 1.57. The third-order valence-electron chi connectivity index (χ3n) is 4.33. The van der Waals surface area contributed by atoms with Gasteiger partial charge >= 0.3 is 6.03 Å².